The number of amides is 2. The van der Waals surface area contributed by atoms with Crippen LogP contribution in [0.3, 0.4) is 0 Å². The van der Waals surface area contributed by atoms with Crippen LogP contribution in [0.2, 0.25) is 0 Å². The fourth-order valence-electron chi connectivity index (χ4n) is 2.67. The lowest BCUT2D eigenvalue weighted by Gasteiger charge is -2.23. The lowest BCUT2D eigenvalue weighted by molar-refractivity contribution is -0.184. The van der Waals surface area contributed by atoms with Crippen molar-refractivity contribution in [1.29, 1.82) is 0 Å². The zero-order chi connectivity index (χ0) is 18.4. The number of hydrogen-bond donors (Lipinski definition) is 0. The summed E-state index contributed by atoms with van der Waals surface area (Å²) in [5.74, 6) is -4.38. The van der Waals surface area contributed by atoms with Crippen molar-refractivity contribution in [3.8, 4) is 0 Å². The van der Waals surface area contributed by atoms with Gasteiger partial charge in [0.15, 0.2) is 5.92 Å². The van der Waals surface area contributed by atoms with Gasteiger partial charge in [0.05, 0.1) is 11.1 Å². The molecule has 7 nitrogen and oxygen atoms in total. The minimum atomic E-state index is -1.14. The molecule has 0 aromatic heterocycles. The van der Waals surface area contributed by atoms with Crippen molar-refractivity contribution < 1.29 is 28.8 Å². The van der Waals surface area contributed by atoms with E-state index in [9.17, 15) is 19.2 Å². The van der Waals surface area contributed by atoms with Crippen LogP contribution < -0.4 is 0 Å². The van der Waals surface area contributed by atoms with Crippen LogP contribution in [0.1, 0.15) is 54.3 Å². The Kier molecular flexibility index (Phi) is 4.10. The van der Waals surface area contributed by atoms with Crippen LogP contribution in [0.15, 0.2) is 24.3 Å². The molecule has 0 bridgehead atoms. The van der Waals surface area contributed by atoms with E-state index < -0.39 is 35.3 Å². The van der Waals surface area contributed by atoms with E-state index in [0.717, 1.165) is 0 Å². The molecule has 0 radical (unpaired) electrons. The Hall–Kier alpha value is -2.70. The normalized spacial score (nSPS) is 18.0. The van der Waals surface area contributed by atoms with Crippen LogP contribution >= 0.6 is 0 Å². The van der Waals surface area contributed by atoms with E-state index in [-0.39, 0.29) is 17.0 Å². The predicted molar refractivity (Wildman–Crippen MR) is 85.1 cm³/mol. The molecule has 2 amide bonds. The lowest BCUT2D eigenvalue weighted by Crippen LogP contribution is -2.40. The van der Waals surface area contributed by atoms with Gasteiger partial charge in [-0.15, -0.1) is 0 Å². The molecule has 1 saturated carbocycles. The first-order chi connectivity index (χ1) is 11.7. The fraction of sp³-hybridized carbons (Fsp3) is 0.444. The highest BCUT2D eigenvalue weighted by molar-refractivity contribution is 6.21. The third-order valence-electron chi connectivity index (χ3n) is 3.95. The Morgan fingerprint density at radius 3 is 2.00 bits per heavy atom. The summed E-state index contributed by atoms with van der Waals surface area (Å²) in [7, 11) is 0. The minimum absolute atomic E-state index is 0.167. The van der Waals surface area contributed by atoms with Gasteiger partial charge in [-0.1, -0.05) is 17.2 Å². The van der Waals surface area contributed by atoms with Crippen molar-refractivity contribution >= 4 is 23.8 Å². The number of hydrogen-bond acceptors (Lipinski definition) is 6. The van der Waals surface area contributed by atoms with E-state index in [1.54, 1.807) is 32.9 Å². The second-order valence-corrected chi connectivity index (χ2v) is 7.21. The quantitative estimate of drug-likeness (QED) is 0.472. The number of imide groups is 1. The van der Waals surface area contributed by atoms with Crippen LogP contribution in [0.25, 0.3) is 0 Å². The maximum absolute atomic E-state index is 12.5. The molecular weight excluding hydrogens is 326 g/mol. The number of benzene rings is 1. The van der Waals surface area contributed by atoms with Gasteiger partial charge in [0, 0.05) is 0 Å². The Morgan fingerprint density at radius 1 is 1.04 bits per heavy atom. The molecule has 1 aliphatic heterocycles. The van der Waals surface area contributed by atoms with E-state index in [4.69, 9.17) is 9.57 Å². The number of carbonyl (C=O) groups excluding carboxylic acids is 4. The number of rotatable bonds is 4. The maximum atomic E-state index is 12.5. The first-order valence-electron chi connectivity index (χ1n) is 8.11. The van der Waals surface area contributed by atoms with Crippen LogP contribution in [0.5, 0.6) is 0 Å². The van der Waals surface area contributed by atoms with Crippen LogP contribution in [-0.2, 0) is 19.2 Å². The van der Waals surface area contributed by atoms with E-state index in [1.165, 1.54) is 12.1 Å². The maximum Gasteiger partial charge on any atom is 0.347 e. The highest BCUT2D eigenvalue weighted by atomic mass is 16.7. The summed E-state index contributed by atoms with van der Waals surface area (Å²) in [4.78, 5) is 54.3. The fourth-order valence-corrected chi connectivity index (χ4v) is 2.67. The summed E-state index contributed by atoms with van der Waals surface area (Å²) in [6.07, 6.45) is 1.39. The van der Waals surface area contributed by atoms with E-state index in [1.807, 2.05) is 0 Å². The number of nitrogens with zero attached hydrogens (tertiary/aromatic N) is 1. The average molecular weight is 345 g/mol. The van der Waals surface area contributed by atoms with Gasteiger partial charge < -0.3 is 9.57 Å². The second-order valence-electron chi connectivity index (χ2n) is 7.21. The third kappa shape index (κ3) is 3.40. The molecule has 1 aromatic carbocycles. The molecule has 1 heterocycles. The van der Waals surface area contributed by atoms with Gasteiger partial charge in [-0.05, 0) is 51.7 Å². The van der Waals surface area contributed by atoms with E-state index in [2.05, 4.69) is 0 Å². The zero-order valence-corrected chi connectivity index (χ0v) is 14.3. The summed E-state index contributed by atoms with van der Waals surface area (Å²) in [6, 6.07) is 6.19. The largest absolute Gasteiger partial charge is 0.459 e. The summed E-state index contributed by atoms with van der Waals surface area (Å²) >= 11 is 0. The Morgan fingerprint density at radius 2 is 1.56 bits per heavy atom. The Labute approximate surface area is 144 Å². The smallest absolute Gasteiger partial charge is 0.347 e. The van der Waals surface area contributed by atoms with E-state index in [0.29, 0.717) is 17.9 Å². The molecule has 1 aliphatic carbocycles. The molecule has 1 atom stereocenters. The molecule has 1 unspecified atom stereocenters. The number of ether oxygens (including phenoxy) is 1. The zero-order valence-electron chi connectivity index (χ0n) is 14.3. The Balaban J connectivity index is 1.76. The van der Waals surface area contributed by atoms with Crippen molar-refractivity contribution in [2.75, 3.05) is 0 Å². The van der Waals surface area contributed by atoms with Gasteiger partial charge in [0.1, 0.15) is 5.60 Å². The summed E-state index contributed by atoms with van der Waals surface area (Å²) in [5.41, 5.74) is -0.416. The van der Waals surface area contributed by atoms with Crippen LogP contribution in [0.4, 0.5) is 0 Å². The number of carbonyl (C=O) groups is 4. The molecule has 1 fully saturated rings. The van der Waals surface area contributed by atoms with Gasteiger partial charge in [-0.25, -0.2) is 4.79 Å². The Bertz CT molecular complexity index is 724. The number of esters is 1. The third-order valence-corrected chi connectivity index (χ3v) is 3.95. The average Bonchev–Trinajstić information content (AvgIpc) is 3.31. The summed E-state index contributed by atoms with van der Waals surface area (Å²) in [5, 5.41) is 0.423. The summed E-state index contributed by atoms with van der Waals surface area (Å²) in [6.45, 7) is 5.10. The molecule has 0 N–H and O–H groups in total. The molecule has 0 spiro atoms. The highest BCUT2D eigenvalue weighted by Crippen LogP contribution is 2.39. The molecule has 7 heteroatoms. The number of hydroxylamine groups is 2. The monoisotopic (exact) mass is 345 g/mol. The highest BCUT2D eigenvalue weighted by Gasteiger charge is 2.47. The van der Waals surface area contributed by atoms with Crippen LogP contribution in [0, 0.1) is 11.8 Å². The SMILES string of the molecule is CC(C)(C)OC(=O)C(C(=O)ON1C(=O)c2ccccc2C1=O)C1CC1. The van der Waals surface area contributed by atoms with Gasteiger partial charge in [-0.2, -0.15) is 0 Å². The van der Waals surface area contributed by atoms with Gasteiger partial charge >= 0.3 is 11.9 Å². The first-order valence-corrected chi connectivity index (χ1v) is 8.11. The number of fused-ring (bicyclic) bond motifs is 1. The van der Waals surface area contributed by atoms with E-state index >= 15 is 0 Å². The lowest BCUT2D eigenvalue weighted by atomic mass is 10.0. The van der Waals surface area contributed by atoms with Crippen molar-refractivity contribution in [1.82, 2.24) is 5.06 Å². The van der Waals surface area contributed by atoms with Crippen molar-refractivity contribution in [2.24, 2.45) is 11.8 Å². The molecule has 2 aliphatic rings. The van der Waals surface area contributed by atoms with Gasteiger partial charge in [0.2, 0.25) is 0 Å². The van der Waals surface area contributed by atoms with Gasteiger partial charge in [-0.3, -0.25) is 14.4 Å². The molecule has 132 valence electrons. The predicted octanol–water partition coefficient (Wildman–Crippen LogP) is 2.11. The standard InChI is InChI=1S/C18H19NO6/c1-18(2,3)24-16(22)13(10-8-9-10)17(23)25-19-14(20)11-6-4-5-7-12(11)15(19)21/h4-7,10,13H,8-9H2,1-3H3. The molecule has 3 rings (SSSR count). The molecular formula is C18H19NO6. The first kappa shape index (κ1) is 17.1. The summed E-state index contributed by atoms with van der Waals surface area (Å²) < 4.78 is 5.27. The molecule has 1 aromatic rings. The molecule has 25 heavy (non-hydrogen) atoms. The second kappa shape index (κ2) is 5.98. The van der Waals surface area contributed by atoms with Crippen molar-refractivity contribution in [3.05, 3.63) is 35.4 Å². The van der Waals surface area contributed by atoms with Gasteiger partial charge in [0.25, 0.3) is 11.8 Å². The van der Waals surface area contributed by atoms with Crippen molar-refractivity contribution in [2.45, 2.75) is 39.2 Å². The van der Waals surface area contributed by atoms with Crippen molar-refractivity contribution in [3.63, 3.8) is 0 Å². The topological polar surface area (TPSA) is 90.0 Å². The molecule has 0 saturated heterocycles. The minimum Gasteiger partial charge on any atom is -0.459 e. The van der Waals surface area contributed by atoms with Crippen LogP contribution in [-0.4, -0.2) is 34.4 Å².